The highest BCUT2D eigenvalue weighted by atomic mass is 32.2. The zero-order valence-corrected chi connectivity index (χ0v) is 12.9. The molecule has 2 aromatic heterocycles. The fourth-order valence-electron chi connectivity index (χ4n) is 2.41. The van der Waals surface area contributed by atoms with Gasteiger partial charge < -0.3 is 4.57 Å². The topological polar surface area (TPSA) is 64.8 Å². The van der Waals surface area contributed by atoms with E-state index < -0.39 is 15.7 Å². The molecule has 3 aromatic rings. The number of nitrogens with zero attached hydrogens (tertiary/aromatic N) is 3. The van der Waals surface area contributed by atoms with Crippen molar-refractivity contribution in [2.75, 3.05) is 6.26 Å². The molecule has 0 unspecified atom stereocenters. The Hall–Kier alpha value is -2.28. The molecule has 0 amide bonds. The standard InChI is InChI=1S/C15H14FN3O2S/c1-3-19-14-5-4-12(22(2,20)21)7-13(14)18-15(19)10-6-11(16)9-17-8-10/h4-9H,3H2,1-2H3. The van der Waals surface area contributed by atoms with Gasteiger partial charge in [-0.3, -0.25) is 4.98 Å². The third kappa shape index (κ3) is 2.48. The van der Waals surface area contributed by atoms with E-state index in [0.717, 1.165) is 18.0 Å². The Bertz CT molecular complexity index is 964. The molecule has 0 aliphatic carbocycles. The van der Waals surface area contributed by atoms with Crippen molar-refractivity contribution in [1.82, 2.24) is 14.5 Å². The molecule has 0 N–H and O–H groups in total. The lowest BCUT2D eigenvalue weighted by atomic mass is 10.2. The van der Waals surface area contributed by atoms with Crippen molar-refractivity contribution in [1.29, 1.82) is 0 Å². The summed E-state index contributed by atoms with van der Waals surface area (Å²) in [7, 11) is -3.30. The van der Waals surface area contributed by atoms with Crippen LogP contribution in [0.25, 0.3) is 22.4 Å². The highest BCUT2D eigenvalue weighted by molar-refractivity contribution is 7.90. The van der Waals surface area contributed by atoms with E-state index >= 15 is 0 Å². The first-order chi connectivity index (χ1) is 10.4. The molecule has 0 aliphatic heterocycles. The molecule has 0 saturated heterocycles. The Labute approximate surface area is 127 Å². The van der Waals surface area contributed by atoms with Gasteiger partial charge in [-0.1, -0.05) is 0 Å². The van der Waals surface area contributed by atoms with Gasteiger partial charge in [0.2, 0.25) is 0 Å². The molecule has 0 saturated carbocycles. The molecule has 22 heavy (non-hydrogen) atoms. The zero-order valence-electron chi connectivity index (χ0n) is 12.1. The van der Waals surface area contributed by atoms with Crippen LogP contribution < -0.4 is 0 Å². The van der Waals surface area contributed by atoms with Crippen LogP contribution in [0.4, 0.5) is 4.39 Å². The van der Waals surface area contributed by atoms with Crippen LogP contribution in [0.5, 0.6) is 0 Å². The van der Waals surface area contributed by atoms with Gasteiger partial charge in [-0.15, -0.1) is 0 Å². The van der Waals surface area contributed by atoms with Gasteiger partial charge in [-0.2, -0.15) is 0 Å². The molecule has 0 spiro atoms. The van der Waals surface area contributed by atoms with Crippen LogP contribution in [0.1, 0.15) is 6.92 Å². The summed E-state index contributed by atoms with van der Waals surface area (Å²) in [5.74, 6) is 0.124. The number of aryl methyl sites for hydroxylation is 1. The van der Waals surface area contributed by atoms with Gasteiger partial charge in [0.15, 0.2) is 9.84 Å². The van der Waals surface area contributed by atoms with E-state index in [0.29, 0.717) is 23.4 Å². The van der Waals surface area contributed by atoms with Gasteiger partial charge in [-0.25, -0.2) is 17.8 Å². The Morgan fingerprint density at radius 2 is 2.00 bits per heavy atom. The monoisotopic (exact) mass is 319 g/mol. The lowest BCUT2D eigenvalue weighted by Gasteiger charge is -2.06. The van der Waals surface area contributed by atoms with Crippen molar-refractivity contribution < 1.29 is 12.8 Å². The molecule has 7 heteroatoms. The predicted octanol–water partition coefficient (Wildman–Crippen LogP) is 2.66. The molecule has 2 heterocycles. The van der Waals surface area contributed by atoms with Gasteiger partial charge in [0.05, 0.1) is 22.1 Å². The number of imidazole rings is 1. The largest absolute Gasteiger partial charge is 0.324 e. The van der Waals surface area contributed by atoms with Gasteiger partial charge in [-0.05, 0) is 31.2 Å². The maximum Gasteiger partial charge on any atom is 0.175 e. The van der Waals surface area contributed by atoms with Gasteiger partial charge in [0.1, 0.15) is 11.6 Å². The van der Waals surface area contributed by atoms with Crippen molar-refractivity contribution in [3.05, 3.63) is 42.5 Å². The summed E-state index contributed by atoms with van der Waals surface area (Å²) in [5, 5.41) is 0. The Morgan fingerprint density at radius 1 is 1.23 bits per heavy atom. The molecular formula is C15H14FN3O2S. The Morgan fingerprint density at radius 3 is 2.64 bits per heavy atom. The predicted molar refractivity (Wildman–Crippen MR) is 81.7 cm³/mol. The number of aromatic nitrogens is 3. The molecule has 0 radical (unpaired) electrons. The molecule has 0 aliphatic rings. The minimum absolute atomic E-state index is 0.213. The number of hydrogen-bond acceptors (Lipinski definition) is 4. The van der Waals surface area contributed by atoms with Gasteiger partial charge in [0, 0.05) is 24.6 Å². The van der Waals surface area contributed by atoms with E-state index in [2.05, 4.69) is 9.97 Å². The summed E-state index contributed by atoms with van der Waals surface area (Å²) in [4.78, 5) is 8.51. The molecule has 0 atom stereocenters. The highest BCUT2D eigenvalue weighted by Crippen LogP contribution is 2.26. The molecule has 114 valence electrons. The van der Waals surface area contributed by atoms with E-state index in [1.165, 1.54) is 18.3 Å². The van der Waals surface area contributed by atoms with E-state index in [1.807, 2.05) is 11.5 Å². The summed E-state index contributed by atoms with van der Waals surface area (Å²) in [6.07, 6.45) is 3.82. The lowest BCUT2D eigenvalue weighted by molar-refractivity contribution is 0.602. The quantitative estimate of drug-likeness (QED) is 0.744. The lowest BCUT2D eigenvalue weighted by Crippen LogP contribution is -1.99. The van der Waals surface area contributed by atoms with Crippen molar-refractivity contribution >= 4 is 20.9 Å². The molecule has 3 rings (SSSR count). The zero-order chi connectivity index (χ0) is 15.9. The van der Waals surface area contributed by atoms with E-state index in [9.17, 15) is 12.8 Å². The molecule has 0 bridgehead atoms. The van der Waals surface area contributed by atoms with Crippen LogP contribution in [-0.4, -0.2) is 29.2 Å². The third-order valence-corrected chi connectivity index (χ3v) is 4.54. The van der Waals surface area contributed by atoms with Crippen molar-refractivity contribution in [3.8, 4) is 11.4 Å². The summed E-state index contributed by atoms with van der Waals surface area (Å²) in [6.45, 7) is 2.57. The number of hydrogen-bond donors (Lipinski definition) is 0. The smallest absolute Gasteiger partial charge is 0.175 e. The average Bonchev–Trinajstić information content (AvgIpc) is 2.84. The summed E-state index contributed by atoms with van der Waals surface area (Å²) < 4.78 is 38.6. The third-order valence-electron chi connectivity index (χ3n) is 3.43. The average molecular weight is 319 g/mol. The fraction of sp³-hybridized carbons (Fsp3) is 0.200. The number of fused-ring (bicyclic) bond motifs is 1. The van der Waals surface area contributed by atoms with Crippen LogP contribution >= 0.6 is 0 Å². The molecule has 1 aromatic carbocycles. The number of benzene rings is 1. The normalized spacial score (nSPS) is 12.0. The maximum atomic E-state index is 13.4. The van der Waals surface area contributed by atoms with Crippen LogP contribution in [0, 0.1) is 5.82 Å². The second-order valence-electron chi connectivity index (χ2n) is 4.99. The van der Waals surface area contributed by atoms with E-state index in [-0.39, 0.29) is 4.90 Å². The Kier molecular flexibility index (Phi) is 3.44. The maximum absolute atomic E-state index is 13.4. The highest BCUT2D eigenvalue weighted by Gasteiger charge is 2.15. The number of pyridine rings is 1. The molecule has 0 fully saturated rings. The summed E-state index contributed by atoms with van der Waals surface area (Å²) in [6, 6.07) is 6.17. The minimum atomic E-state index is -3.30. The second kappa shape index (κ2) is 5.17. The Balaban J connectivity index is 2.27. The van der Waals surface area contributed by atoms with Gasteiger partial charge >= 0.3 is 0 Å². The summed E-state index contributed by atoms with van der Waals surface area (Å²) in [5.41, 5.74) is 1.91. The second-order valence-corrected chi connectivity index (χ2v) is 7.01. The van der Waals surface area contributed by atoms with Crippen LogP contribution in [0.15, 0.2) is 41.6 Å². The summed E-state index contributed by atoms with van der Waals surface area (Å²) >= 11 is 0. The number of rotatable bonds is 3. The number of halogens is 1. The van der Waals surface area contributed by atoms with E-state index in [1.54, 1.807) is 12.1 Å². The van der Waals surface area contributed by atoms with Gasteiger partial charge in [0.25, 0.3) is 0 Å². The first-order valence-corrected chi connectivity index (χ1v) is 8.60. The van der Waals surface area contributed by atoms with E-state index in [4.69, 9.17) is 0 Å². The first-order valence-electron chi connectivity index (χ1n) is 6.71. The van der Waals surface area contributed by atoms with Crippen LogP contribution in [0.2, 0.25) is 0 Å². The minimum Gasteiger partial charge on any atom is -0.324 e. The van der Waals surface area contributed by atoms with Crippen LogP contribution in [-0.2, 0) is 16.4 Å². The van der Waals surface area contributed by atoms with Crippen molar-refractivity contribution in [3.63, 3.8) is 0 Å². The fourth-order valence-corrected chi connectivity index (χ4v) is 3.06. The SMILES string of the molecule is CCn1c(-c2cncc(F)c2)nc2cc(S(C)(=O)=O)ccc21. The molecular weight excluding hydrogens is 305 g/mol. The number of sulfone groups is 1. The van der Waals surface area contributed by atoms with Crippen molar-refractivity contribution in [2.45, 2.75) is 18.4 Å². The first kappa shape index (κ1) is 14.6. The van der Waals surface area contributed by atoms with Crippen molar-refractivity contribution in [2.24, 2.45) is 0 Å². The molecule has 5 nitrogen and oxygen atoms in total. The van der Waals surface area contributed by atoms with Crippen LogP contribution in [0.3, 0.4) is 0 Å².